The second-order valence-electron chi connectivity index (χ2n) is 2.66. The number of carbonyl (C=O) groups is 1. The van der Waals surface area contributed by atoms with Crippen LogP contribution in [0.25, 0.3) is 0 Å². The average molecular weight is 208 g/mol. The maximum atomic E-state index is 10.1. The molecule has 1 atom stereocenters. The first-order valence-electron chi connectivity index (χ1n) is 4.18. The number of aliphatic carboxylic acids is 1. The molecule has 0 aromatic heterocycles. The summed E-state index contributed by atoms with van der Waals surface area (Å²) in [7, 11) is 0. The van der Waals surface area contributed by atoms with Crippen LogP contribution in [-0.4, -0.2) is 47.0 Å². The number of rotatable bonds is 8. The molecule has 78 valence electrons. The second kappa shape index (κ2) is 8.34. The van der Waals surface area contributed by atoms with Crippen LogP contribution in [0.5, 0.6) is 0 Å². The van der Waals surface area contributed by atoms with Crippen LogP contribution in [-0.2, 0) is 9.53 Å². The molecule has 0 fully saturated rings. The van der Waals surface area contributed by atoms with Crippen LogP contribution in [0.4, 0.5) is 0 Å². The van der Waals surface area contributed by atoms with Gasteiger partial charge in [-0.15, -0.1) is 0 Å². The molecule has 0 saturated heterocycles. The molecule has 4 nitrogen and oxygen atoms in total. The zero-order valence-electron chi connectivity index (χ0n) is 7.73. The lowest BCUT2D eigenvalue weighted by molar-refractivity contribution is -0.133. The van der Waals surface area contributed by atoms with Gasteiger partial charge in [-0.25, -0.2) is 0 Å². The van der Waals surface area contributed by atoms with E-state index in [1.165, 1.54) is 11.8 Å². The molecule has 2 N–H and O–H groups in total. The Balaban J connectivity index is 3.04. The molecule has 13 heavy (non-hydrogen) atoms. The summed E-state index contributed by atoms with van der Waals surface area (Å²) in [5.41, 5.74) is 0. The molecular weight excluding hydrogens is 192 g/mol. The maximum Gasteiger partial charge on any atom is 0.313 e. The second-order valence-corrected chi connectivity index (χ2v) is 3.77. The Morgan fingerprint density at radius 3 is 2.85 bits per heavy atom. The Morgan fingerprint density at radius 2 is 2.31 bits per heavy atom. The Kier molecular flexibility index (Phi) is 8.18. The van der Waals surface area contributed by atoms with E-state index in [-0.39, 0.29) is 18.5 Å². The van der Waals surface area contributed by atoms with Crippen LogP contribution >= 0.6 is 11.8 Å². The van der Waals surface area contributed by atoms with Crippen LogP contribution in [0.2, 0.25) is 0 Å². The fourth-order valence-corrected chi connectivity index (χ4v) is 1.30. The fourth-order valence-electron chi connectivity index (χ4n) is 0.658. The van der Waals surface area contributed by atoms with Gasteiger partial charge in [0.15, 0.2) is 0 Å². The van der Waals surface area contributed by atoms with Gasteiger partial charge in [0.1, 0.15) is 0 Å². The van der Waals surface area contributed by atoms with Crippen molar-refractivity contribution in [2.24, 2.45) is 0 Å². The SMILES string of the molecule is CC(CO)OCCCSCC(=O)O. The molecule has 0 aromatic rings. The lowest BCUT2D eigenvalue weighted by Gasteiger charge is -2.08. The van der Waals surface area contributed by atoms with Crippen LogP contribution in [0.1, 0.15) is 13.3 Å². The highest BCUT2D eigenvalue weighted by Gasteiger charge is 1.99. The topological polar surface area (TPSA) is 66.8 Å². The van der Waals surface area contributed by atoms with Crippen molar-refractivity contribution >= 4 is 17.7 Å². The lowest BCUT2D eigenvalue weighted by atomic mass is 10.4. The van der Waals surface area contributed by atoms with Crippen LogP contribution < -0.4 is 0 Å². The summed E-state index contributed by atoms with van der Waals surface area (Å²) in [6.45, 7) is 2.40. The Hall–Kier alpha value is -0.260. The number of aliphatic hydroxyl groups is 1. The minimum atomic E-state index is -0.783. The van der Waals surface area contributed by atoms with Gasteiger partial charge in [-0.3, -0.25) is 4.79 Å². The van der Waals surface area contributed by atoms with E-state index in [4.69, 9.17) is 14.9 Å². The minimum absolute atomic E-state index is 0.0300. The fraction of sp³-hybridized carbons (Fsp3) is 0.875. The van der Waals surface area contributed by atoms with Crippen molar-refractivity contribution in [2.75, 3.05) is 24.7 Å². The smallest absolute Gasteiger partial charge is 0.313 e. The van der Waals surface area contributed by atoms with Gasteiger partial charge < -0.3 is 14.9 Å². The van der Waals surface area contributed by atoms with Crippen LogP contribution in [0.3, 0.4) is 0 Å². The highest BCUT2D eigenvalue weighted by molar-refractivity contribution is 7.99. The number of hydrogen-bond acceptors (Lipinski definition) is 4. The molecule has 1 unspecified atom stereocenters. The average Bonchev–Trinajstić information content (AvgIpc) is 2.10. The van der Waals surface area contributed by atoms with Crippen LogP contribution in [0, 0.1) is 0 Å². The molecule has 0 saturated carbocycles. The summed E-state index contributed by atoms with van der Waals surface area (Å²) in [5.74, 6) is 0.148. The zero-order valence-corrected chi connectivity index (χ0v) is 8.55. The Bertz CT molecular complexity index is 140. The van der Waals surface area contributed by atoms with Crippen molar-refractivity contribution < 1.29 is 19.7 Å². The maximum absolute atomic E-state index is 10.1. The summed E-state index contributed by atoms with van der Waals surface area (Å²) < 4.78 is 5.19. The molecule has 0 aliphatic heterocycles. The molecule has 5 heteroatoms. The number of thioether (sulfide) groups is 1. The number of hydrogen-bond donors (Lipinski definition) is 2. The molecule has 0 radical (unpaired) electrons. The largest absolute Gasteiger partial charge is 0.481 e. The van der Waals surface area contributed by atoms with Crippen molar-refractivity contribution in [3.63, 3.8) is 0 Å². The summed E-state index contributed by atoms with van der Waals surface area (Å²) >= 11 is 1.38. The lowest BCUT2D eigenvalue weighted by Crippen LogP contribution is -2.14. The molecule has 0 aliphatic rings. The van der Waals surface area contributed by atoms with E-state index in [0.29, 0.717) is 6.61 Å². The molecule has 0 rings (SSSR count). The molecule has 0 aromatic carbocycles. The first-order valence-corrected chi connectivity index (χ1v) is 5.34. The predicted octanol–water partition coefficient (Wildman–Crippen LogP) is 0.592. The first-order chi connectivity index (χ1) is 6.16. The Labute approximate surface area is 82.3 Å². The van der Waals surface area contributed by atoms with Gasteiger partial charge in [0, 0.05) is 6.61 Å². The molecule has 0 amide bonds. The zero-order chi connectivity index (χ0) is 10.1. The predicted molar refractivity (Wildman–Crippen MR) is 52.1 cm³/mol. The summed E-state index contributed by atoms with van der Waals surface area (Å²) in [4.78, 5) is 10.1. The van der Waals surface area contributed by atoms with Gasteiger partial charge in [0.05, 0.1) is 18.5 Å². The van der Waals surface area contributed by atoms with E-state index < -0.39 is 5.97 Å². The summed E-state index contributed by atoms with van der Waals surface area (Å²) in [6, 6.07) is 0. The third-order valence-corrected chi connectivity index (χ3v) is 2.35. The molecule has 0 aliphatic carbocycles. The number of aliphatic hydroxyl groups excluding tert-OH is 1. The van der Waals surface area contributed by atoms with Crippen molar-refractivity contribution in [1.29, 1.82) is 0 Å². The van der Waals surface area contributed by atoms with Gasteiger partial charge in [-0.1, -0.05) is 0 Å². The first kappa shape index (κ1) is 12.7. The molecule has 0 heterocycles. The van der Waals surface area contributed by atoms with E-state index >= 15 is 0 Å². The van der Waals surface area contributed by atoms with Gasteiger partial charge in [-0.2, -0.15) is 11.8 Å². The highest BCUT2D eigenvalue weighted by Crippen LogP contribution is 2.02. The van der Waals surface area contributed by atoms with Gasteiger partial charge in [0.2, 0.25) is 0 Å². The number of carboxylic acids is 1. The number of ether oxygens (including phenoxy) is 1. The van der Waals surface area contributed by atoms with Gasteiger partial charge in [-0.05, 0) is 19.1 Å². The van der Waals surface area contributed by atoms with E-state index in [1.807, 2.05) is 0 Å². The normalized spacial score (nSPS) is 12.8. The summed E-state index contributed by atoms with van der Waals surface area (Å²) in [6.07, 6.45) is 0.701. The third-order valence-electron chi connectivity index (χ3n) is 1.32. The molecular formula is C8H16O4S. The third kappa shape index (κ3) is 9.66. The monoisotopic (exact) mass is 208 g/mol. The van der Waals surface area contributed by atoms with E-state index in [0.717, 1.165) is 12.2 Å². The Morgan fingerprint density at radius 1 is 1.62 bits per heavy atom. The quantitative estimate of drug-likeness (QED) is 0.571. The summed E-state index contributed by atoms with van der Waals surface area (Å²) in [5, 5.41) is 16.9. The van der Waals surface area contributed by atoms with Crippen molar-refractivity contribution in [1.82, 2.24) is 0 Å². The van der Waals surface area contributed by atoms with E-state index in [1.54, 1.807) is 6.92 Å². The van der Waals surface area contributed by atoms with Crippen molar-refractivity contribution in [3.05, 3.63) is 0 Å². The highest BCUT2D eigenvalue weighted by atomic mass is 32.2. The van der Waals surface area contributed by atoms with E-state index in [9.17, 15) is 4.79 Å². The minimum Gasteiger partial charge on any atom is -0.481 e. The van der Waals surface area contributed by atoms with E-state index in [2.05, 4.69) is 0 Å². The molecule has 0 spiro atoms. The van der Waals surface area contributed by atoms with Crippen LogP contribution in [0.15, 0.2) is 0 Å². The van der Waals surface area contributed by atoms with Gasteiger partial charge >= 0.3 is 5.97 Å². The van der Waals surface area contributed by atoms with Gasteiger partial charge in [0.25, 0.3) is 0 Å². The molecule has 0 bridgehead atoms. The van der Waals surface area contributed by atoms with Crippen molar-refractivity contribution in [3.8, 4) is 0 Å². The van der Waals surface area contributed by atoms with Crippen molar-refractivity contribution in [2.45, 2.75) is 19.4 Å². The number of carboxylic acid groups (broad SMARTS) is 1. The standard InChI is InChI=1S/C8H16O4S/c1-7(5-9)12-3-2-4-13-6-8(10)11/h7,9H,2-6H2,1H3,(H,10,11).